The number of nitrogens with two attached hydrogens (primary N) is 1. The van der Waals surface area contributed by atoms with E-state index in [1.807, 2.05) is 0 Å². The van der Waals surface area contributed by atoms with E-state index in [9.17, 15) is 19.2 Å². The molecule has 0 spiro atoms. The summed E-state index contributed by atoms with van der Waals surface area (Å²) >= 11 is 0. The molecule has 2 rings (SSSR count). The van der Waals surface area contributed by atoms with Gasteiger partial charge in [0.2, 0.25) is 17.7 Å². The molecule has 0 unspecified atom stereocenters. The summed E-state index contributed by atoms with van der Waals surface area (Å²) in [6, 6.07) is -2.22. The van der Waals surface area contributed by atoms with Gasteiger partial charge in [0.15, 0.2) is 0 Å². The second kappa shape index (κ2) is 7.40. The number of carbonyl (C=O) groups is 4. The summed E-state index contributed by atoms with van der Waals surface area (Å²) in [6.45, 7) is 1.26. The van der Waals surface area contributed by atoms with Crippen LogP contribution in [0, 0.1) is 0 Å². The largest absolute Gasteiger partial charge is 0.481 e. The van der Waals surface area contributed by atoms with E-state index in [1.54, 1.807) is 0 Å². The number of likely N-dealkylation sites (tertiary alicyclic amines) is 1. The lowest BCUT2D eigenvalue weighted by Crippen LogP contribution is -2.55. The van der Waals surface area contributed by atoms with E-state index < -0.39 is 36.3 Å². The highest BCUT2D eigenvalue weighted by atomic mass is 16.4. The Morgan fingerprint density at radius 1 is 1.26 bits per heavy atom. The van der Waals surface area contributed by atoms with Crippen LogP contribution in [0.2, 0.25) is 0 Å². The average Bonchev–Trinajstić information content (AvgIpc) is 3.16. The maximum absolute atomic E-state index is 12.5. The molecule has 0 saturated carbocycles. The first-order chi connectivity index (χ1) is 10.9. The summed E-state index contributed by atoms with van der Waals surface area (Å²) < 4.78 is 0. The van der Waals surface area contributed by atoms with Crippen LogP contribution in [-0.4, -0.2) is 64.9 Å². The van der Waals surface area contributed by atoms with Crippen LogP contribution in [0.1, 0.15) is 32.1 Å². The fourth-order valence-corrected chi connectivity index (χ4v) is 3.06. The molecule has 0 aromatic carbocycles. The Morgan fingerprint density at radius 3 is 2.57 bits per heavy atom. The highest BCUT2D eigenvalue weighted by molar-refractivity contribution is 5.94. The van der Waals surface area contributed by atoms with Gasteiger partial charge in [0.1, 0.15) is 12.1 Å². The maximum atomic E-state index is 12.5. The molecule has 2 saturated heterocycles. The van der Waals surface area contributed by atoms with Gasteiger partial charge in [-0.25, -0.2) is 0 Å². The third-order valence-electron chi connectivity index (χ3n) is 4.24. The molecule has 0 aromatic heterocycles. The molecular weight excluding hydrogens is 304 g/mol. The standard InChI is InChI=1S/C14H22N4O5/c15-12(21)9(7-11(19)20)17-13(22)10-4-2-6-18(10)14(23)8-3-1-5-16-8/h8-10,16H,1-7H2,(H2,15,21)(H,17,22)(H,19,20)/t8-,9-,10+/m0/s1. The molecule has 2 aliphatic heterocycles. The first kappa shape index (κ1) is 17.2. The molecule has 3 atom stereocenters. The Bertz CT molecular complexity index is 503. The Kier molecular flexibility index (Phi) is 5.54. The summed E-state index contributed by atoms with van der Waals surface area (Å²) in [5.41, 5.74) is 5.12. The van der Waals surface area contributed by atoms with Crippen molar-refractivity contribution in [1.29, 1.82) is 0 Å². The molecule has 9 nitrogen and oxygen atoms in total. The van der Waals surface area contributed by atoms with Crippen molar-refractivity contribution in [3.63, 3.8) is 0 Å². The highest BCUT2D eigenvalue weighted by Crippen LogP contribution is 2.21. The topological polar surface area (TPSA) is 142 Å². The zero-order chi connectivity index (χ0) is 17.0. The Morgan fingerprint density at radius 2 is 2.00 bits per heavy atom. The number of carboxylic acid groups (broad SMARTS) is 1. The number of nitrogens with zero attached hydrogens (tertiary/aromatic N) is 1. The van der Waals surface area contributed by atoms with Gasteiger partial charge in [0.05, 0.1) is 12.5 Å². The van der Waals surface area contributed by atoms with Crippen molar-refractivity contribution in [2.24, 2.45) is 5.73 Å². The first-order valence-electron chi connectivity index (χ1n) is 7.75. The second-order valence-corrected chi connectivity index (χ2v) is 5.90. The summed E-state index contributed by atoms with van der Waals surface area (Å²) in [6.07, 6.45) is 2.27. The minimum Gasteiger partial charge on any atom is -0.481 e. The van der Waals surface area contributed by atoms with Crippen LogP contribution in [0.4, 0.5) is 0 Å². The van der Waals surface area contributed by atoms with Crippen molar-refractivity contribution in [2.45, 2.75) is 50.2 Å². The van der Waals surface area contributed by atoms with E-state index in [0.29, 0.717) is 19.4 Å². The normalized spacial score (nSPS) is 25.1. The lowest BCUT2D eigenvalue weighted by molar-refractivity contribution is -0.142. The van der Waals surface area contributed by atoms with E-state index >= 15 is 0 Å². The van der Waals surface area contributed by atoms with Crippen LogP contribution in [0.15, 0.2) is 0 Å². The van der Waals surface area contributed by atoms with Gasteiger partial charge in [0, 0.05) is 6.54 Å². The third kappa shape index (κ3) is 4.19. The fraction of sp³-hybridized carbons (Fsp3) is 0.714. The van der Waals surface area contributed by atoms with Gasteiger partial charge < -0.3 is 26.4 Å². The van der Waals surface area contributed by atoms with Gasteiger partial charge in [0.25, 0.3) is 0 Å². The minimum atomic E-state index is -1.28. The summed E-state index contributed by atoms with van der Waals surface area (Å²) in [5.74, 6) is -2.79. The van der Waals surface area contributed by atoms with E-state index in [1.165, 1.54) is 4.90 Å². The zero-order valence-electron chi connectivity index (χ0n) is 12.8. The molecule has 0 aromatic rings. The van der Waals surface area contributed by atoms with Crippen molar-refractivity contribution in [2.75, 3.05) is 13.1 Å². The van der Waals surface area contributed by atoms with E-state index in [4.69, 9.17) is 10.8 Å². The molecule has 128 valence electrons. The van der Waals surface area contributed by atoms with Gasteiger partial charge in [-0.3, -0.25) is 19.2 Å². The lowest BCUT2D eigenvalue weighted by atomic mass is 10.1. The molecule has 5 N–H and O–H groups in total. The monoisotopic (exact) mass is 326 g/mol. The third-order valence-corrected chi connectivity index (χ3v) is 4.24. The van der Waals surface area contributed by atoms with Gasteiger partial charge >= 0.3 is 5.97 Å². The molecule has 23 heavy (non-hydrogen) atoms. The van der Waals surface area contributed by atoms with Crippen molar-refractivity contribution < 1.29 is 24.3 Å². The highest BCUT2D eigenvalue weighted by Gasteiger charge is 2.38. The summed E-state index contributed by atoms with van der Waals surface area (Å²) in [5, 5.41) is 14.2. The van der Waals surface area contributed by atoms with Crippen LogP contribution in [0.25, 0.3) is 0 Å². The van der Waals surface area contributed by atoms with Gasteiger partial charge in [-0.15, -0.1) is 0 Å². The molecule has 2 heterocycles. The predicted molar refractivity (Wildman–Crippen MR) is 79.1 cm³/mol. The molecule has 0 aliphatic carbocycles. The average molecular weight is 326 g/mol. The summed E-state index contributed by atoms with van der Waals surface area (Å²) in [7, 11) is 0. The molecule has 0 bridgehead atoms. The Labute approximate surface area is 133 Å². The summed E-state index contributed by atoms with van der Waals surface area (Å²) in [4.78, 5) is 48.3. The number of hydrogen-bond donors (Lipinski definition) is 4. The number of amides is 3. The van der Waals surface area contributed by atoms with E-state index in [0.717, 1.165) is 19.4 Å². The predicted octanol–water partition coefficient (Wildman–Crippen LogP) is -1.83. The number of hydrogen-bond acceptors (Lipinski definition) is 5. The van der Waals surface area contributed by atoms with Crippen molar-refractivity contribution in [1.82, 2.24) is 15.5 Å². The van der Waals surface area contributed by atoms with Gasteiger partial charge in [-0.05, 0) is 32.2 Å². The van der Waals surface area contributed by atoms with Crippen LogP contribution < -0.4 is 16.4 Å². The molecule has 2 fully saturated rings. The molecule has 2 aliphatic rings. The van der Waals surface area contributed by atoms with Crippen LogP contribution in [0.5, 0.6) is 0 Å². The second-order valence-electron chi connectivity index (χ2n) is 5.90. The van der Waals surface area contributed by atoms with Crippen LogP contribution in [-0.2, 0) is 19.2 Å². The van der Waals surface area contributed by atoms with E-state index in [2.05, 4.69) is 10.6 Å². The van der Waals surface area contributed by atoms with Crippen molar-refractivity contribution in [3.8, 4) is 0 Å². The molecule has 0 radical (unpaired) electrons. The lowest BCUT2D eigenvalue weighted by Gasteiger charge is -2.27. The van der Waals surface area contributed by atoms with E-state index in [-0.39, 0.29) is 11.9 Å². The van der Waals surface area contributed by atoms with Crippen LogP contribution >= 0.6 is 0 Å². The number of carboxylic acids is 1. The minimum absolute atomic E-state index is 0.117. The SMILES string of the molecule is NC(=O)[C@H](CC(=O)O)NC(=O)[C@H]1CCCN1C(=O)[C@@H]1CCCN1. The van der Waals surface area contributed by atoms with Crippen molar-refractivity contribution >= 4 is 23.7 Å². The molecule has 3 amide bonds. The number of nitrogens with one attached hydrogen (secondary N) is 2. The number of rotatable bonds is 6. The van der Waals surface area contributed by atoms with Crippen LogP contribution in [0.3, 0.4) is 0 Å². The van der Waals surface area contributed by atoms with Crippen molar-refractivity contribution in [3.05, 3.63) is 0 Å². The van der Waals surface area contributed by atoms with Gasteiger partial charge in [-0.1, -0.05) is 0 Å². The Hall–Kier alpha value is -2.16. The number of carbonyl (C=O) groups excluding carboxylic acids is 3. The fourth-order valence-electron chi connectivity index (χ4n) is 3.06. The smallest absolute Gasteiger partial charge is 0.305 e. The molecule has 9 heteroatoms. The quantitative estimate of drug-likeness (QED) is 0.452. The number of aliphatic carboxylic acids is 1. The maximum Gasteiger partial charge on any atom is 0.305 e. The molecular formula is C14H22N4O5. The Balaban J connectivity index is 2.00. The van der Waals surface area contributed by atoms with Gasteiger partial charge in [-0.2, -0.15) is 0 Å². The zero-order valence-corrected chi connectivity index (χ0v) is 12.8. The first-order valence-corrected chi connectivity index (χ1v) is 7.75. The number of primary amides is 1.